The molecular weight excluding hydrogens is 405 g/mol. The van der Waals surface area contributed by atoms with Gasteiger partial charge in [-0.05, 0) is 79.0 Å². The maximum atomic E-state index is 12.8. The van der Waals surface area contributed by atoms with E-state index in [0.717, 1.165) is 79.0 Å². The van der Waals surface area contributed by atoms with Gasteiger partial charge in [-0.2, -0.15) is 21.6 Å². The predicted molar refractivity (Wildman–Crippen MR) is 102 cm³/mol. The summed E-state index contributed by atoms with van der Waals surface area (Å²) in [5, 5.41) is 0. The van der Waals surface area contributed by atoms with E-state index in [-0.39, 0.29) is 5.56 Å². The van der Waals surface area contributed by atoms with Crippen molar-refractivity contribution < 1.29 is 26.4 Å². The molecule has 0 fully saturated rings. The molecule has 0 radical (unpaired) electrons. The minimum absolute atomic E-state index is 0.381. The van der Waals surface area contributed by atoms with E-state index in [1.54, 1.807) is 0 Å². The summed E-state index contributed by atoms with van der Waals surface area (Å²) in [5.74, 6) is -1.12. The number of amides is 1. The maximum Gasteiger partial charge on any atom is 0.416 e. The fourth-order valence-corrected chi connectivity index (χ4v) is 5.05. The van der Waals surface area contributed by atoms with Gasteiger partial charge in [-0.25, -0.2) is 4.72 Å². The van der Waals surface area contributed by atoms with Gasteiger partial charge >= 0.3 is 16.4 Å². The van der Waals surface area contributed by atoms with E-state index in [0.29, 0.717) is 11.8 Å². The van der Waals surface area contributed by atoms with Crippen molar-refractivity contribution in [3.05, 3.63) is 63.7 Å². The Morgan fingerprint density at radius 2 is 1.55 bits per heavy atom. The number of halogens is 3. The Balaban J connectivity index is 1.59. The van der Waals surface area contributed by atoms with Crippen LogP contribution in [0.1, 0.15) is 51.0 Å². The average Bonchev–Trinajstić information content (AvgIpc) is 3.29. The molecule has 0 saturated carbocycles. The fraction of sp³-hybridized carbons (Fsp3) is 0.350. The summed E-state index contributed by atoms with van der Waals surface area (Å²) >= 11 is 0. The van der Waals surface area contributed by atoms with Crippen LogP contribution in [-0.4, -0.2) is 14.3 Å². The molecule has 9 heteroatoms. The molecule has 154 valence electrons. The summed E-state index contributed by atoms with van der Waals surface area (Å²) < 4.78 is 68.1. The fourth-order valence-electron chi connectivity index (χ4n) is 4.12. The van der Waals surface area contributed by atoms with Crippen LogP contribution in [0.4, 0.5) is 18.9 Å². The van der Waals surface area contributed by atoms with Crippen molar-refractivity contribution in [1.29, 1.82) is 0 Å². The van der Waals surface area contributed by atoms with Crippen LogP contribution in [0.15, 0.2) is 30.3 Å². The number of alkyl halides is 3. The summed E-state index contributed by atoms with van der Waals surface area (Å²) in [6.45, 7) is 0. The highest BCUT2D eigenvalue weighted by molar-refractivity contribution is 7.91. The van der Waals surface area contributed by atoms with E-state index in [2.05, 4.69) is 10.8 Å². The third-order valence-corrected chi connectivity index (χ3v) is 6.32. The van der Waals surface area contributed by atoms with Crippen LogP contribution in [0.5, 0.6) is 0 Å². The summed E-state index contributed by atoms with van der Waals surface area (Å²) in [6.07, 6.45) is 0.512. The summed E-state index contributed by atoms with van der Waals surface area (Å²) in [7, 11) is -4.30. The number of aryl methyl sites for hydroxylation is 2. The average molecular weight is 424 g/mol. The van der Waals surface area contributed by atoms with E-state index in [9.17, 15) is 26.4 Å². The Morgan fingerprint density at radius 1 is 0.931 bits per heavy atom. The van der Waals surface area contributed by atoms with Crippen LogP contribution in [0.2, 0.25) is 0 Å². The molecule has 2 N–H and O–H groups in total. The van der Waals surface area contributed by atoms with E-state index < -0.39 is 27.9 Å². The second-order valence-electron chi connectivity index (χ2n) is 7.35. The lowest BCUT2D eigenvalue weighted by Crippen LogP contribution is -2.36. The van der Waals surface area contributed by atoms with Crippen molar-refractivity contribution in [2.45, 2.75) is 44.7 Å². The normalized spacial score (nSPS) is 15.7. The SMILES string of the molecule is O=C(NS(=O)(=O)Nc1c2c(cc3c1CCC3)CCC2)c1cccc(C(F)(F)F)c1. The first kappa shape index (κ1) is 19.8. The molecule has 0 spiro atoms. The molecule has 0 bridgehead atoms. The highest BCUT2D eigenvalue weighted by Crippen LogP contribution is 2.39. The largest absolute Gasteiger partial charge is 0.416 e. The van der Waals surface area contributed by atoms with Gasteiger partial charge in [-0.3, -0.25) is 9.52 Å². The molecule has 4 rings (SSSR count). The minimum Gasteiger partial charge on any atom is -0.268 e. The topological polar surface area (TPSA) is 75.3 Å². The van der Waals surface area contributed by atoms with Crippen molar-refractivity contribution >= 4 is 21.8 Å². The lowest BCUT2D eigenvalue weighted by molar-refractivity contribution is -0.137. The van der Waals surface area contributed by atoms with Gasteiger partial charge in [0, 0.05) is 5.56 Å². The lowest BCUT2D eigenvalue weighted by atomic mass is 9.99. The molecule has 0 aliphatic heterocycles. The van der Waals surface area contributed by atoms with E-state index in [1.807, 2.05) is 4.72 Å². The van der Waals surface area contributed by atoms with Crippen LogP contribution in [0.25, 0.3) is 0 Å². The van der Waals surface area contributed by atoms with Gasteiger partial charge < -0.3 is 0 Å². The zero-order valence-corrected chi connectivity index (χ0v) is 16.2. The van der Waals surface area contributed by atoms with E-state index in [4.69, 9.17) is 0 Å². The first-order valence-corrected chi connectivity index (χ1v) is 10.8. The van der Waals surface area contributed by atoms with Gasteiger partial charge in [0.15, 0.2) is 0 Å². The molecule has 0 saturated heterocycles. The highest BCUT2D eigenvalue weighted by atomic mass is 32.2. The predicted octanol–water partition coefficient (Wildman–Crippen LogP) is 3.77. The van der Waals surface area contributed by atoms with Gasteiger partial charge in [0.1, 0.15) is 0 Å². The minimum atomic E-state index is -4.63. The number of hydrogen-bond acceptors (Lipinski definition) is 3. The number of fused-ring (bicyclic) bond motifs is 2. The second kappa shape index (κ2) is 7.05. The Morgan fingerprint density at radius 3 is 2.14 bits per heavy atom. The molecule has 1 amide bonds. The summed E-state index contributed by atoms with van der Waals surface area (Å²) in [6, 6.07) is 5.79. The number of nitrogens with one attached hydrogen (secondary N) is 2. The lowest BCUT2D eigenvalue weighted by Gasteiger charge is -2.17. The molecule has 0 unspecified atom stereocenters. The van der Waals surface area contributed by atoms with Crippen molar-refractivity contribution in [1.82, 2.24) is 4.72 Å². The summed E-state index contributed by atoms with van der Waals surface area (Å²) in [5.41, 5.74) is 3.25. The van der Waals surface area contributed by atoms with Crippen molar-refractivity contribution in [3.63, 3.8) is 0 Å². The third kappa shape index (κ3) is 3.96. The first-order valence-electron chi connectivity index (χ1n) is 9.33. The number of rotatable bonds is 4. The van der Waals surface area contributed by atoms with Gasteiger partial charge in [0.25, 0.3) is 5.91 Å². The number of benzene rings is 2. The molecule has 2 aromatic rings. The van der Waals surface area contributed by atoms with Crippen molar-refractivity contribution in [2.75, 3.05) is 4.72 Å². The zero-order valence-electron chi connectivity index (χ0n) is 15.4. The monoisotopic (exact) mass is 424 g/mol. The van der Waals surface area contributed by atoms with Crippen LogP contribution < -0.4 is 9.44 Å². The maximum absolute atomic E-state index is 12.8. The molecule has 2 aliphatic carbocycles. The Labute approximate surface area is 166 Å². The van der Waals surface area contributed by atoms with Gasteiger partial charge in [0.2, 0.25) is 0 Å². The standard InChI is InChI=1S/C20H19F3N2O3S/c21-20(22,23)15-7-1-6-14(11-15)19(26)25-29(27,28)24-18-16-8-2-4-12(16)10-13-5-3-9-17(13)18/h1,6-7,10-11,24H,2-5,8-9H2,(H,25,26). The quantitative estimate of drug-likeness (QED) is 0.785. The third-order valence-electron chi connectivity index (χ3n) is 5.39. The molecule has 0 atom stereocenters. The van der Waals surface area contributed by atoms with Crippen LogP contribution in [-0.2, 0) is 42.1 Å². The smallest absolute Gasteiger partial charge is 0.268 e. The van der Waals surface area contributed by atoms with E-state index >= 15 is 0 Å². The van der Waals surface area contributed by atoms with Crippen LogP contribution in [0, 0.1) is 0 Å². The Bertz CT molecular complexity index is 1060. The van der Waals surface area contributed by atoms with Crippen molar-refractivity contribution in [2.24, 2.45) is 0 Å². The second-order valence-corrected chi connectivity index (χ2v) is 8.76. The van der Waals surface area contributed by atoms with Gasteiger partial charge in [-0.15, -0.1) is 0 Å². The molecule has 0 aromatic heterocycles. The van der Waals surface area contributed by atoms with Gasteiger partial charge in [-0.1, -0.05) is 12.1 Å². The molecule has 29 heavy (non-hydrogen) atoms. The van der Waals surface area contributed by atoms with Crippen LogP contribution in [0.3, 0.4) is 0 Å². The molecule has 2 aliphatic rings. The first-order chi connectivity index (χ1) is 13.6. The summed E-state index contributed by atoms with van der Waals surface area (Å²) in [4.78, 5) is 12.3. The Hall–Kier alpha value is -2.55. The van der Waals surface area contributed by atoms with Crippen LogP contribution >= 0.6 is 0 Å². The van der Waals surface area contributed by atoms with Gasteiger partial charge in [0.05, 0.1) is 11.3 Å². The molecule has 0 heterocycles. The highest BCUT2D eigenvalue weighted by Gasteiger charge is 2.31. The Kier molecular flexibility index (Phi) is 4.80. The van der Waals surface area contributed by atoms with E-state index in [1.165, 1.54) is 0 Å². The zero-order chi connectivity index (χ0) is 20.8. The number of carbonyl (C=O) groups is 1. The molecule has 2 aromatic carbocycles. The number of hydrogen-bond donors (Lipinski definition) is 2. The molecule has 5 nitrogen and oxygen atoms in total. The number of anilines is 1. The molecular formula is C20H19F3N2O3S. The van der Waals surface area contributed by atoms with Crippen molar-refractivity contribution in [3.8, 4) is 0 Å². The number of carbonyl (C=O) groups excluding carboxylic acids is 1.